The van der Waals surface area contributed by atoms with Crippen LogP contribution in [0.2, 0.25) is 0 Å². The van der Waals surface area contributed by atoms with Crippen LogP contribution in [0.25, 0.3) is 6.08 Å². The molecule has 0 atom stereocenters. The molecule has 0 aromatic heterocycles. The molecule has 2 aromatic rings. The predicted molar refractivity (Wildman–Crippen MR) is 128 cm³/mol. The maximum Gasteiger partial charge on any atom is 0.344 e. The second-order valence-electron chi connectivity index (χ2n) is 7.74. The summed E-state index contributed by atoms with van der Waals surface area (Å²) in [5.41, 5.74) is 4.40. The number of para-hydroxylation sites is 1. The summed E-state index contributed by atoms with van der Waals surface area (Å²) < 4.78 is 16.6. The largest absolute Gasteiger partial charge is 0.490 e. The fourth-order valence-corrected chi connectivity index (χ4v) is 3.41. The van der Waals surface area contributed by atoms with Gasteiger partial charge in [0.25, 0.3) is 11.8 Å². The van der Waals surface area contributed by atoms with Gasteiger partial charge < -0.3 is 14.2 Å². The highest BCUT2D eigenvalue weighted by Crippen LogP contribution is 2.35. The predicted octanol–water partition coefficient (Wildman–Crippen LogP) is 3.61. The van der Waals surface area contributed by atoms with E-state index in [1.54, 1.807) is 56.3 Å². The van der Waals surface area contributed by atoms with Crippen LogP contribution in [0, 0.1) is 0 Å². The first-order valence-electron chi connectivity index (χ1n) is 11.0. The van der Waals surface area contributed by atoms with Gasteiger partial charge in [0.2, 0.25) is 0 Å². The SMILES string of the molecule is C=CCc1cc(C=C2C(=O)NN(c3ccccc3)C2=O)cc(OCC)c1OCC(=O)OC(C)C. The van der Waals surface area contributed by atoms with Crippen molar-refractivity contribution in [2.45, 2.75) is 33.3 Å². The van der Waals surface area contributed by atoms with E-state index in [1.807, 2.05) is 13.0 Å². The van der Waals surface area contributed by atoms with Crippen LogP contribution in [-0.4, -0.2) is 37.1 Å². The molecule has 2 amide bonds. The lowest BCUT2D eigenvalue weighted by molar-refractivity contribution is -0.149. The number of amides is 2. The zero-order chi connectivity index (χ0) is 24.7. The summed E-state index contributed by atoms with van der Waals surface area (Å²) >= 11 is 0. The van der Waals surface area contributed by atoms with Crippen molar-refractivity contribution in [1.29, 1.82) is 0 Å². The standard InChI is InChI=1S/C26H28N2O6/c1-5-10-19-13-18(15-22(32-6-2)24(19)33-16-23(29)34-17(3)4)14-21-25(30)27-28(26(21)31)20-11-8-7-9-12-20/h5,7-9,11-15,17H,1,6,10,16H2,2-4H3,(H,27,30). The van der Waals surface area contributed by atoms with Gasteiger partial charge in [0.05, 0.1) is 18.4 Å². The first kappa shape index (κ1) is 24.6. The van der Waals surface area contributed by atoms with E-state index < -0.39 is 17.8 Å². The van der Waals surface area contributed by atoms with E-state index >= 15 is 0 Å². The van der Waals surface area contributed by atoms with Gasteiger partial charge in [0.15, 0.2) is 18.1 Å². The van der Waals surface area contributed by atoms with E-state index in [0.29, 0.717) is 41.3 Å². The van der Waals surface area contributed by atoms with E-state index in [4.69, 9.17) is 14.2 Å². The van der Waals surface area contributed by atoms with Crippen molar-refractivity contribution in [2.24, 2.45) is 0 Å². The minimum absolute atomic E-state index is 0.00923. The quantitative estimate of drug-likeness (QED) is 0.250. The van der Waals surface area contributed by atoms with Crippen molar-refractivity contribution in [3.63, 3.8) is 0 Å². The number of ether oxygens (including phenoxy) is 3. The summed E-state index contributed by atoms with van der Waals surface area (Å²) in [6, 6.07) is 12.3. The van der Waals surface area contributed by atoms with E-state index in [0.717, 1.165) is 0 Å². The van der Waals surface area contributed by atoms with Crippen molar-refractivity contribution in [3.8, 4) is 11.5 Å². The lowest BCUT2D eigenvalue weighted by Crippen LogP contribution is -2.35. The molecular weight excluding hydrogens is 436 g/mol. The molecule has 1 saturated heterocycles. The number of benzene rings is 2. The fraction of sp³-hybridized carbons (Fsp3) is 0.269. The number of nitrogens with one attached hydrogen (secondary N) is 1. The van der Waals surface area contributed by atoms with Gasteiger partial charge in [-0.05, 0) is 63.1 Å². The van der Waals surface area contributed by atoms with Gasteiger partial charge in [-0.25, -0.2) is 9.80 Å². The molecule has 34 heavy (non-hydrogen) atoms. The molecule has 0 bridgehead atoms. The molecule has 178 valence electrons. The van der Waals surface area contributed by atoms with Crippen molar-refractivity contribution < 1.29 is 28.6 Å². The Labute approximate surface area is 198 Å². The van der Waals surface area contributed by atoms with Crippen LogP contribution in [0.5, 0.6) is 11.5 Å². The van der Waals surface area contributed by atoms with Gasteiger partial charge in [0, 0.05) is 5.56 Å². The topological polar surface area (TPSA) is 94.2 Å². The maximum atomic E-state index is 12.9. The van der Waals surface area contributed by atoms with Crippen LogP contribution in [0.4, 0.5) is 5.69 Å². The third kappa shape index (κ3) is 5.83. The number of rotatable bonds is 10. The second kappa shape index (κ2) is 11.2. The van der Waals surface area contributed by atoms with E-state index in [2.05, 4.69) is 12.0 Å². The van der Waals surface area contributed by atoms with Crippen LogP contribution >= 0.6 is 0 Å². The Kier molecular flexibility index (Phi) is 8.08. The summed E-state index contributed by atoms with van der Waals surface area (Å²) in [6.07, 6.45) is 3.36. The van der Waals surface area contributed by atoms with Crippen LogP contribution in [0.1, 0.15) is 31.9 Å². The maximum absolute atomic E-state index is 12.9. The molecule has 1 fully saturated rings. The smallest absolute Gasteiger partial charge is 0.344 e. The summed E-state index contributed by atoms with van der Waals surface area (Å²) in [5, 5.41) is 1.21. The lowest BCUT2D eigenvalue weighted by atomic mass is 10.0. The van der Waals surface area contributed by atoms with Gasteiger partial charge in [-0.15, -0.1) is 6.58 Å². The Morgan fingerprint density at radius 1 is 1.15 bits per heavy atom. The van der Waals surface area contributed by atoms with Crippen LogP contribution in [0.3, 0.4) is 0 Å². The van der Waals surface area contributed by atoms with E-state index in [9.17, 15) is 14.4 Å². The number of carbonyl (C=O) groups excluding carboxylic acids is 3. The summed E-state index contributed by atoms with van der Waals surface area (Å²) in [6.45, 7) is 9.18. The Morgan fingerprint density at radius 2 is 1.88 bits per heavy atom. The van der Waals surface area contributed by atoms with Gasteiger partial charge in [-0.2, -0.15) is 0 Å². The highest BCUT2D eigenvalue weighted by molar-refractivity contribution is 6.31. The summed E-state index contributed by atoms with van der Waals surface area (Å²) in [7, 11) is 0. The number of allylic oxidation sites excluding steroid dienone is 1. The normalized spacial score (nSPS) is 14.4. The highest BCUT2D eigenvalue weighted by atomic mass is 16.6. The molecule has 1 aliphatic heterocycles. The first-order chi connectivity index (χ1) is 16.3. The second-order valence-corrected chi connectivity index (χ2v) is 7.74. The van der Waals surface area contributed by atoms with Gasteiger partial charge in [0.1, 0.15) is 5.57 Å². The van der Waals surface area contributed by atoms with Gasteiger partial charge in [-0.3, -0.25) is 15.0 Å². The van der Waals surface area contributed by atoms with E-state index in [-0.39, 0.29) is 18.3 Å². The molecule has 3 rings (SSSR count). The molecule has 2 aromatic carbocycles. The van der Waals surface area contributed by atoms with Crippen LogP contribution in [-0.2, 0) is 25.5 Å². The number of anilines is 1. The van der Waals surface area contributed by atoms with Crippen LogP contribution < -0.4 is 19.9 Å². The Hall–Kier alpha value is -4.07. The van der Waals surface area contributed by atoms with Crippen molar-refractivity contribution >= 4 is 29.5 Å². The molecule has 8 nitrogen and oxygen atoms in total. The first-order valence-corrected chi connectivity index (χ1v) is 11.0. The Balaban J connectivity index is 1.94. The third-order valence-electron chi connectivity index (χ3n) is 4.74. The molecule has 1 N–H and O–H groups in total. The van der Waals surface area contributed by atoms with Crippen molar-refractivity contribution in [2.75, 3.05) is 18.2 Å². The molecule has 0 saturated carbocycles. The van der Waals surface area contributed by atoms with Gasteiger partial charge in [-0.1, -0.05) is 24.3 Å². The highest BCUT2D eigenvalue weighted by Gasteiger charge is 2.34. The Bertz CT molecular complexity index is 1110. The summed E-state index contributed by atoms with van der Waals surface area (Å²) in [5.74, 6) is -0.693. The van der Waals surface area contributed by atoms with E-state index in [1.165, 1.54) is 11.1 Å². The molecule has 0 radical (unpaired) electrons. The zero-order valence-electron chi connectivity index (χ0n) is 19.5. The number of nitrogens with zero attached hydrogens (tertiary/aromatic N) is 1. The molecule has 0 spiro atoms. The van der Waals surface area contributed by atoms with Crippen LogP contribution in [0.15, 0.2) is 60.7 Å². The molecule has 1 aliphatic rings. The molecule has 0 aliphatic carbocycles. The van der Waals surface area contributed by atoms with Crippen molar-refractivity contribution in [3.05, 3.63) is 71.8 Å². The monoisotopic (exact) mass is 464 g/mol. The van der Waals surface area contributed by atoms with Crippen molar-refractivity contribution in [1.82, 2.24) is 5.43 Å². The summed E-state index contributed by atoms with van der Waals surface area (Å²) in [4.78, 5) is 37.5. The minimum Gasteiger partial charge on any atom is -0.490 e. The molecular formula is C26H28N2O6. The fourth-order valence-electron chi connectivity index (χ4n) is 3.41. The average Bonchev–Trinajstić information content (AvgIpc) is 3.07. The molecule has 0 unspecified atom stereocenters. The average molecular weight is 465 g/mol. The number of hydrazine groups is 1. The number of hydrogen-bond acceptors (Lipinski definition) is 6. The third-order valence-corrected chi connectivity index (χ3v) is 4.74. The van der Waals surface area contributed by atoms with Gasteiger partial charge >= 0.3 is 5.97 Å². The number of carbonyl (C=O) groups is 3. The number of esters is 1. The molecule has 8 heteroatoms. The lowest BCUT2D eigenvalue weighted by Gasteiger charge is -2.17. The Morgan fingerprint density at radius 3 is 2.53 bits per heavy atom. The minimum atomic E-state index is -0.506. The zero-order valence-corrected chi connectivity index (χ0v) is 19.5. The molecule has 1 heterocycles. The number of hydrogen-bond donors (Lipinski definition) is 1.